The number of carbonyl (C=O) groups is 1. The minimum Gasteiger partial charge on any atom is -0.334 e. The van der Waals surface area contributed by atoms with Crippen LogP contribution in [0.4, 0.5) is 10.5 Å². The third-order valence-corrected chi connectivity index (χ3v) is 2.75. The molecule has 1 aromatic carbocycles. The van der Waals surface area contributed by atoms with E-state index in [1.54, 1.807) is 35.1 Å². The van der Waals surface area contributed by atoms with Crippen molar-refractivity contribution < 1.29 is 4.79 Å². The number of nitrogens with one attached hydrogen (secondary N) is 2. The number of aromatic nitrogens is 2. The highest BCUT2D eigenvalue weighted by Gasteiger charge is 2.08. The van der Waals surface area contributed by atoms with Gasteiger partial charge < -0.3 is 10.6 Å². The molecule has 0 saturated heterocycles. The summed E-state index contributed by atoms with van der Waals surface area (Å²) in [7, 11) is 0. The van der Waals surface area contributed by atoms with Gasteiger partial charge in [-0.25, -0.2) is 4.79 Å². The predicted molar refractivity (Wildman–Crippen MR) is 75.3 cm³/mol. The van der Waals surface area contributed by atoms with Gasteiger partial charge in [-0.2, -0.15) is 5.10 Å². The fourth-order valence-electron chi connectivity index (χ4n) is 1.66. The van der Waals surface area contributed by atoms with Crippen LogP contribution in [0.5, 0.6) is 0 Å². The van der Waals surface area contributed by atoms with E-state index >= 15 is 0 Å². The quantitative estimate of drug-likeness (QED) is 0.903. The second-order valence-electron chi connectivity index (χ2n) is 4.23. The van der Waals surface area contributed by atoms with E-state index in [1.165, 1.54) is 0 Å². The number of urea groups is 1. The molecule has 0 aliphatic rings. The van der Waals surface area contributed by atoms with Crippen LogP contribution in [0.15, 0.2) is 42.7 Å². The van der Waals surface area contributed by atoms with Crippen LogP contribution in [0, 0.1) is 0 Å². The molecule has 2 rings (SSSR count). The summed E-state index contributed by atoms with van der Waals surface area (Å²) in [6, 6.07) is 8.53. The van der Waals surface area contributed by atoms with E-state index in [4.69, 9.17) is 11.6 Å². The van der Waals surface area contributed by atoms with Crippen LogP contribution < -0.4 is 10.6 Å². The van der Waals surface area contributed by atoms with Crippen LogP contribution in [0.25, 0.3) is 0 Å². The van der Waals surface area contributed by atoms with E-state index in [2.05, 4.69) is 15.7 Å². The standard InChI is InChI=1S/C13H15ClN4O/c1-10(9-18-8-2-7-15-18)16-13(19)17-12-5-3-11(14)4-6-12/h2-8,10H,9H2,1H3,(H2,16,17,19). The first kappa shape index (κ1) is 13.4. The molecule has 0 fully saturated rings. The van der Waals surface area contributed by atoms with Crippen LogP contribution in [-0.4, -0.2) is 21.9 Å². The van der Waals surface area contributed by atoms with Gasteiger partial charge in [0.25, 0.3) is 0 Å². The third-order valence-electron chi connectivity index (χ3n) is 2.50. The molecule has 5 nitrogen and oxygen atoms in total. The summed E-state index contributed by atoms with van der Waals surface area (Å²) in [4.78, 5) is 11.8. The molecule has 1 aromatic heterocycles. The number of benzene rings is 1. The molecule has 1 heterocycles. The maximum absolute atomic E-state index is 11.8. The van der Waals surface area contributed by atoms with Crippen LogP contribution >= 0.6 is 11.6 Å². The van der Waals surface area contributed by atoms with Gasteiger partial charge in [0.1, 0.15) is 0 Å². The van der Waals surface area contributed by atoms with Gasteiger partial charge in [-0.05, 0) is 37.3 Å². The Kier molecular flexibility index (Phi) is 4.41. The summed E-state index contributed by atoms with van der Waals surface area (Å²) in [5.74, 6) is 0. The van der Waals surface area contributed by atoms with Crippen molar-refractivity contribution in [2.75, 3.05) is 5.32 Å². The molecule has 2 aromatic rings. The second-order valence-corrected chi connectivity index (χ2v) is 4.67. The summed E-state index contributed by atoms with van der Waals surface area (Å²) in [5, 5.41) is 10.3. The fourth-order valence-corrected chi connectivity index (χ4v) is 1.78. The Morgan fingerprint density at radius 3 is 2.79 bits per heavy atom. The van der Waals surface area contributed by atoms with Gasteiger partial charge in [0.2, 0.25) is 0 Å². The summed E-state index contributed by atoms with van der Waals surface area (Å²) in [6.07, 6.45) is 3.57. The maximum atomic E-state index is 11.8. The molecule has 0 bridgehead atoms. The third kappa shape index (κ3) is 4.30. The fraction of sp³-hybridized carbons (Fsp3) is 0.231. The van der Waals surface area contributed by atoms with Crippen molar-refractivity contribution in [3.8, 4) is 0 Å². The number of nitrogens with zero attached hydrogens (tertiary/aromatic N) is 2. The summed E-state index contributed by atoms with van der Waals surface area (Å²) >= 11 is 5.77. The largest absolute Gasteiger partial charge is 0.334 e. The Morgan fingerprint density at radius 1 is 1.42 bits per heavy atom. The first-order valence-corrected chi connectivity index (χ1v) is 6.32. The number of hydrogen-bond donors (Lipinski definition) is 2. The zero-order valence-electron chi connectivity index (χ0n) is 10.5. The van der Waals surface area contributed by atoms with Crippen molar-refractivity contribution in [3.05, 3.63) is 47.7 Å². The smallest absolute Gasteiger partial charge is 0.319 e. The van der Waals surface area contributed by atoms with Crippen molar-refractivity contribution in [1.82, 2.24) is 15.1 Å². The van der Waals surface area contributed by atoms with Crippen molar-refractivity contribution >= 4 is 23.3 Å². The Hall–Kier alpha value is -2.01. The normalized spacial score (nSPS) is 11.9. The highest BCUT2D eigenvalue weighted by molar-refractivity contribution is 6.30. The molecule has 1 unspecified atom stereocenters. The lowest BCUT2D eigenvalue weighted by Gasteiger charge is -2.14. The van der Waals surface area contributed by atoms with E-state index in [9.17, 15) is 4.79 Å². The predicted octanol–water partition coefficient (Wildman–Crippen LogP) is 2.75. The van der Waals surface area contributed by atoms with E-state index in [0.717, 1.165) is 0 Å². The summed E-state index contributed by atoms with van der Waals surface area (Å²) < 4.78 is 1.77. The Morgan fingerprint density at radius 2 is 2.16 bits per heavy atom. The molecule has 2 amide bonds. The molecule has 0 saturated carbocycles. The monoisotopic (exact) mass is 278 g/mol. The first-order valence-electron chi connectivity index (χ1n) is 5.94. The van der Waals surface area contributed by atoms with Gasteiger partial charge >= 0.3 is 6.03 Å². The van der Waals surface area contributed by atoms with Crippen LogP contribution in [-0.2, 0) is 6.54 Å². The topological polar surface area (TPSA) is 59.0 Å². The Bertz CT molecular complexity index is 524. The lowest BCUT2D eigenvalue weighted by Crippen LogP contribution is -2.38. The van der Waals surface area contributed by atoms with Crippen molar-refractivity contribution in [2.24, 2.45) is 0 Å². The zero-order chi connectivity index (χ0) is 13.7. The molecule has 19 heavy (non-hydrogen) atoms. The van der Waals surface area contributed by atoms with E-state index in [0.29, 0.717) is 17.3 Å². The maximum Gasteiger partial charge on any atom is 0.319 e. The summed E-state index contributed by atoms with van der Waals surface area (Å²) in [5.41, 5.74) is 0.702. The van der Waals surface area contributed by atoms with Gasteiger partial charge in [-0.15, -0.1) is 0 Å². The van der Waals surface area contributed by atoms with Crippen LogP contribution in [0.1, 0.15) is 6.92 Å². The highest BCUT2D eigenvalue weighted by Crippen LogP contribution is 2.13. The molecule has 0 aliphatic carbocycles. The lowest BCUT2D eigenvalue weighted by atomic mass is 10.3. The number of anilines is 1. The minimum absolute atomic E-state index is 0.0211. The zero-order valence-corrected chi connectivity index (χ0v) is 11.3. The number of amides is 2. The molecular weight excluding hydrogens is 264 g/mol. The SMILES string of the molecule is CC(Cn1cccn1)NC(=O)Nc1ccc(Cl)cc1. The Balaban J connectivity index is 1.82. The number of halogens is 1. The van der Waals surface area contributed by atoms with Gasteiger partial charge in [0.05, 0.1) is 6.54 Å². The van der Waals surface area contributed by atoms with Crippen LogP contribution in [0.2, 0.25) is 5.02 Å². The van der Waals surface area contributed by atoms with Crippen molar-refractivity contribution in [2.45, 2.75) is 19.5 Å². The average molecular weight is 279 g/mol. The molecule has 2 N–H and O–H groups in total. The molecule has 100 valence electrons. The molecule has 6 heteroatoms. The number of rotatable bonds is 4. The van der Waals surface area contributed by atoms with E-state index < -0.39 is 0 Å². The van der Waals surface area contributed by atoms with E-state index in [1.807, 2.05) is 19.2 Å². The molecule has 0 spiro atoms. The molecule has 1 atom stereocenters. The first-order chi connectivity index (χ1) is 9.13. The van der Waals surface area contributed by atoms with Crippen LogP contribution in [0.3, 0.4) is 0 Å². The Labute approximate surface area is 116 Å². The van der Waals surface area contributed by atoms with Crippen molar-refractivity contribution in [1.29, 1.82) is 0 Å². The van der Waals surface area contributed by atoms with Gasteiger partial charge in [0, 0.05) is 29.1 Å². The highest BCUT2D eigenvalue weighted by atomic mass is 35.5. The molecule has 0 aliphatic heterocycles. The molecule has 0 radical (unpaired) electrons. The summed E-state index contributed by atoms with van der Waals surface area (Å²) in [6.45, 7) is 2.55. The number of carbonyl (C=O) groups excluding carboxylic acids is 1. The van der Waals surface area contributed by atoms with E-state index in [-0.39, 0.29) is 12.1 Å². The second kappa shape index (κ2) is 6.24. The average Bonchev–Trinajstić information content (AvgIpc) is 2.84. The molecular formula is C13H15ClN4O. The van der Waals surface area contributed by atoms with Gasteiger partial charge in [-0.3, -0.25) is 4.68 Å². The van der Waals surface area contributed by atoms with Crippen molar-refractivity contribution in [3.63, 3.8) is 0 Å². The number of hydrogen-bond acceptors (Lipinski definition) is 2. The van der Waals surface area contributed by atoms with Gasteiger partial charge in [0.15, 0.2) is 0 Å². The van der Waals surface area contributed by atoms with Gasteiger partial charge in [-0.1, -0.05) is 11.6 Å². The lowest BCUT2D eigenvalue weighted by molar-refractivity contribution is 0.247. The minimum atomic E-state index is -0.248.